The number of carbonyl (C=O) groups is 1. The molecule has 2 aromatic rings. The number of phenols is 1. The van der Waals surface area contributed by atoms with Crippen LogP contribution in [0, 0.1) is 0 Å². The average molecular weight is 336 g/mol. The number of aromatic hydroxyl groups is 1. The first-order valence-electron chi connectivity index (χ1n) is 7.05. The lowest BCUT2D eigenvalue weighted by molar-refractivity contribution is 0.0612. The summed E-state index contributed by atoms with van der Waals surface area (Å²) >= 11 is 0. The summed E-state index contributed by atoms with van der Waals surface area (Å²) in [5.41, 5.74) is 0.611. The number of fused-ring (bicyclic) bond motifs is 1. The second kappa shape index (κ2) is 6.46. The van der Waals surface area contributed by atoms with E-state index >= 15 is 0 Å². The fraction of sp³-hybridized carbons (Fsp3) is 0.294. The molecule has 0 fully saturated rings. The van der Waals surface area contributed by atoms with E-state index in [1.807, 2.05) is 26.0 Å². The van der Waals surface area contributed by atoms with E-state index in [1.54, 1.807) is 18.5 Å². The molecule has 0 amide bonds. The molecular formula is C17H18ClNO4. The van der Waals surface area contributed by atoms with Crippen LogP contribution in [0.5, 0.6) is 17.2 Å². The van der Waals surface area contributed by atoms with Crippen molar-refractivity contribution < 1.29 is 19.4 Å². The third-order valence-electron chi connectivity index (χ3n) is 3.46. The van der Waals surface area contributed by atoms with Crippen molar-refractivity contribution in [2.24, 2.45) is 0 Å². The topological polar surface area (TPSA) is 68.7 Å². The Bertz CT molecular complexity index is 716. The molecule has 1 aromatic carbocycles. The quantitative estimate of drug-likeness (QED) is 0.929. The molecule has 0 saturated carbocycles. The van der Waals surface area contributed by atoms with Gasteiger partial charge in [0.05, 0.1) is 6.42 Å². The molecular weight excluding hydrogens is 318 g/mol. The first-order valence-corrected chi connectivity index (χ1v) is 7.05. The number of benzene rings is 1. The summed E-state index contributed by atoms with van der Waals surface area (Å²) in [6.07, 6.45) is 3.62. The number of ketones is 1. The van der Waals surface area contributed by atoms with Crippen LogP contribution in [0.4, 0.5) is 0 Å². The zero-order valence-corrected chi connectivity index (χ0v) is 13.7. The van der Waals surface area contributed by atoms with E-state index < -0.39 is 5.60 Å². The molecule has 1 aliphatic heterocycles. The van der Waals surface area contributed by atoms with Gasteiger partial charge in [0.1, 0.15) is 35.0 Å². The highest BCUT2D eigenvalue weighted by Gasteiger charge is 2.34. The van der Waals surface area contributed by atoms with Crippen molar-refractivity contribution >= 4 is 18.2 Å². The van der Waals surface area contributed by atoms with Gasteiger partial charge in [0.15, 0.2) is 5.78 Å². The maximum atomic E-state index is 12.1. The van der Waals surface area contributed by atoms with Gasteiger partial charge in [-0.05, 0) is 31.5 Å². The summed E-state index contributed by atoms with van der Waals surface area (Å²) in [6, 6.07) is 6.79. The molecule has 1 aromatic heterocycles. The van der Waals surface area contributed by atoms with E-state index in [9.17, 15) is 9.90 Å². The molecule has 5 nitrogen and oxygen atoms in total. The number of Topliss-reactive ketones (excluding diaryl/α,β-unsaturated/α-hetero) is 1. The monoisotopic (exact) mass is 335 g/mol. The predicted octanol–water partition coefficient (Wildman–Crippen LogP) is 3.53. The molecule has 0 bridgehead atoms. The maximum Gasteiger partial charge on any atom is 0.174 e. The van der Waals surface area contributed by atoms with Crippen LogP contribution in [0.25, 0.3) is 0 Å². The van der Waals surface area contributed by atoms with Gasteiger partial charge in [-0.2, -0.15) is 0 Å². The van der Waals surface area contributed by atoms with Crippen LogP contribution < -0.4 is 9.47 Å². The highest BCUT2D eigenvalue weighted by molar-refractivity contribution is 6.03. The van der Waals surface area contributed by atoms with E-state index in [1.165, 1.54) is 6.07 Å². The number of carbonyl (C=O) groups excluding carboxylic acids is 1. The molecule has 0 aliphatic carbocycles. The highest BCUT2D eigenvalue weighted by Crippen LogP contribution is 2.41. The van der Waals surface area contributed by atoms with E-state index in [-0.39, 0.29) is 35.9 Å². The maximum absolute atomic E-state index is 12.1. The summed E-state index contributed by atoms with van der Waals surface area (Å²) in [7, 11) is 0. The van der Waals surface area contributed by atoms with Crippen molar-refractivity contribution in [2.75, 3.05) is 0 Å². The van der Waals surface area contributed by atoms with Crippen LogP contribution in [-0.2, 0) is 6.61 Å². The van der Waals surface area contributed by atoms with Crippen molar-refractivity contribution in [3.63, 3.8) is 0 Å². The van der Waals surface area contributed by atoms with Crippen molar-refractivity contribution in [3.05, 3.63) is 47.8 Å². The summed E-state index contributed by atoms with van der Waals surface area (Å²) in [4.78, 5) is 16.1. The van der Waals surface area contributed by atoms with Crippen LogP contribution >= 0.6 is 12.4 Å². The summed E-state index contributed by atoms with van der Waals surface area (Å²) < 4.78 is 11.5. The Balaban J connectivity index is 0.00000192. The first-order chi connectivity index (χ1) is 10.4. The second-order valence-corrected chi connectivity index (χ2v) is 5.92. The zero-order valence-electron chi connectivity index (χ0n) is 12.9. The minimum absolute atomic E-state index is 0. The molecule has 1 aliphatic rings. The van der Waals surface area contributed by atoms with E-state index in [0.29, 0.717) is 18.1 Å². The Kier molecular flexibility index (Phi) is 4.80. The largest absolute Gasteiger partial charge is 0.507 e. The molecule has 0 saturated heterocycles. The Morgan fingerprint density at radius 3 is 2.70 bits per heavy atom. The van der Waals surface area contributed by atoms with E-state index in [2.05, 4.69) is 4.98 Å². The predicted molar refractivity (Wildman–Crippen MR) is 87.6 cm³/mol. The number of hydrogen-bond donors (Lipinski definition) is 1. The summed E-state index contributed by atoms with van der Waals surface area (Å²) in [6.45, 7) is 4.03. The van der Waals surface area contributed by atoms with Gasteiger partial charge >= 0.3 is 0 Å². The van der Waals surface area contributed by atoms with Gasteiger partial charge in [-0.3, -0.25) is 9.78 Å². The second-order valence-electron chi connectivity index (χ2n) is 5.92. The van der Waals surface area contributed by atoms with Gasteiger partial charge in [0.25, 0.3) is 0 Å². The molecule has 0 atom stereocenters. The van der Waals surface area contributed by atoms with Gasteiger partial charge in [-0.25, -0.2) is 0 Å². The fourth-order valence-corrected chi connectivity index (χ4v) is 2.47. The molecule has 2 heterocycles. The number of aromatic nitrogens is 1. The number of rotatable bonds is 3. The highest BCUT2D eigenvalue weighted by atomic mass is 35.5. The van der Waals surface area contributed by atoms with Crippen LogP contribution in [0.1, 0.15) is 36.2 Å². The van der Waals surface area contributed by atoms with Gasteiger partial charge in [0.2, 0.25) is 0 Å². The number of halogens is 1. The van der Waals surface area contributed by atoms with Crippen LogP contribution in [0.3, 0.4) is 0 Å². The minimum atomic E-state index is -0.583. The van der Waals surface area contributed by atoms with Crippen LogP contribution in [0.2, 0.25) is 0 Å². The van der Waals surface area contributed by atoms with Gasteiger partial charge < -0.3 is 14.6 Å². The van der Waals surface area contributed by atoms with Gasteiger partial charge in [0, 0.05) is 24.5 Å². The lowest BCUT2D eigenvalue weighted by atomic mass is 9.92. The standard InChI is InChI=1S/C17H17NO4.ClH/c1-17(2)9-14(20)16-13(19)7-12(8-15(16)22-17)21-10-11-3-5-18-6-4-11;/h3-8,19H,9-10H2,1-2H3;1H. The van der Waals surface area contributed by atoms with Crippen molar-refractivity contribution in [1.82, 2.24) is 4.98 Å². The molecule has 6 heteroatoms. The third kappa shape index (κ3) is 3.74. The molecule has 122 valence electrons. The molecule has 23 heavy (non-hydrogen) atoms. The number of nitrogens with zero attached hydrogens (tertiary/aromatic N) is 1. The van der Waals surface area contributed by atoms with Crippen molar-refractivity contribution in [1.29, 1.82) is 0 Å². The number of phenolic OH excluding ortho intramolecular Hbond substituents is 1. The van der Waals surface area contributed by atoms with Crippen LogP contribution in [0.15, 0.2) is 36.7 Å². The number of hydrogen-bond acceptors (Lipinski definition) is 5. The van der Waals surface area contributed by atoms with Gasteiger partial charge in [-0.15, -0.1) is 12.4 Å². The average Bonchev–Trinajstić information content (AvgIpc) is 2.44. The summed E-state index contributed by atoms with van der Waals surface area (Å²) in [5, 5.41) is 10.1. The molecule has 0 radical (unpaired) electrons. The fourth-order valence-electron chi connectivity index (χ4n) is 2.47. The molecule has 3 rings (SSSR count). The Morgan fingerprint density at radius 1 is 1.30 bits per heavy atom. The van der Waals surface area contributed by atoms with Crippen molar-refractivity contribution in [3.8, 4) is 17.2 Å². The zero-order chi connectivity index (χ0) is 15.7. The SMILES string of the molecule is CC1(C)CC(=O)c2c(O)cc(OCc3ccncc3)cc2O1.Cl. The van der Waals surface area contributed by atoms with Crippen molar-refractivity contribution in [2.45, 2.75) is 32.5 Å². The Morgan fingerprint density at radius 2 is 2.00 bits per heavy atom. The number of ether oxygens (including phenoxy) is 2. The Hall–Kier alpha value is -2.27. The lowest BCUT2D eigenvalue weighted by Gasteiger charge is -2.32. The third-order valence-corrected chi connectivity index (χ3v) is 3.46. The van der Waals surface area contributed by atoms with E-state index in [0.717, 1.165) is 5.56 Å². The molecule has 0 spiro atoms. The molecule has 1 N–H and O–H groups in total. The first kappa shape index (κ1) is 17.1. The Labute approximate surface area is 140 Å². The normalized spacial score (nSPS) is 15.1. The number of pyridine rings is 1. The molecule has 0 unspecified atom stereocenters. The van der Waals surface area contributed by atoms with Crippen LogP contribution in [-0.4, -0.2) is 21.5 Å². The van der Waals surface area contributed by atoms with Gasteiger partial charge in [-0.1, -0.05) is 0 Å². The summed E-state index contributed by atoms with van der Waals surface area (Å²) in [5.74, 6) is 0.594. The van der Waals surface area contributed by atoms with E-state index in [4.69, 9.17) is 9.47 Å². The lowest BCUT2D eigenvalue weighted by Crippen LogP contribution is -2.35. The smallest absolute Gasteiger partial charge is 0.174 e. The minimum Gasteiger partial charge on any atom is -0.507 e.